The molecule has 1 aliphatic heterocycles. The van der Waals surface area contributed by atoms with Crippen LogP contribution in [-0.4, -0.2) is 53.9 Å². The third-order valence-electron chi connectivity index (χ3n) is 4.09. The van der Waals surface area contributed by atoms with E-state index in [1.54, 1.807) is 0 Å². The van der Waals surface area contributed by atoms with Gasteiger partial charge in [0, 0.05) is 38.8 Å². The third kappa shape index (κ3) is 3.67. The maximum Gasteiger partial charge on any atom is 0.151 e. The zero-order valence-corrected chi connectivity index (χ0v) is 12.4. The lowest BCUT2D eigenvalue weighted by Gasteiger charge is -2.34. The van der Waals surface area contributed by atoms with E-state index >= 15 is 0 Å². The van der Waals surface area contributed by atoms with Crippen LogP contribution < -0.4 is 10.2 Å². The van der Waals surface area contributed by atoms with Crippen LogP contribution in [0.1, 0.15) is 31.9 Å². The van der Waals surface area contributed by atoms with E-state index in [-0.39, 0.29) is 0 Å². The van der Waals surface area contributed by atoms with Gasteiger partial charge in [0.2, 0.25) is 0 Å². The summed E-state index contributed by atoms with van der Waals surface area (Å²) in [6, 6.07) is 4.95. The average molecular weight is 275 g/mol. The predicted octanol–water partition coefficient (Wildman–Crippen LogP) is 1.26. The Morgan fingerprint density at radius 2 is 1.95 bits per heavy atom. The Morgan fingerprint density at radius 3 is 2.55 bits per heavy atom. The number of rotatable bonds is 6. The van der Waals surface area contributed by atoms with Crippen molar-refractivity contribution in [2.24, 2.45) is 0 Å². The molecule has 0 radical (unpaired) electrons. The van der Waals surface area contributed by atoms with E-state index in [1.807, 2.05) is 0 Å². The van der Waals surface area contributed by atoms with Crippen LogP contribution in [0.15, 0.2) is 12.1 Å². The van der Waals surface area contributed by atoms with E-state index < -0.39 is 0 Å². The number of nitrogens with one attached hydrogen (secondary N) is 1. The fraction of sp³-hybridized carbons (Fsp3) is 0.733. The van der Waals surface area contributed by atoms with Crippen molar-refractivity contribution >= 4 is 5.82 Å². The topological polar surface area (TPSA) is 44.3 Å². The van der Waals surface area contributed by atoms with Gasteiger partial charge in [-0.3, -0.25) is 4.90 Å². The van der Waals surface area contributed by atoms with E-state index in [9.17, 15) is 0 Å². The number of aromatic nitrogens is 2. The van der Waals surface area contributed by atoms with Crippen molar-refractivity contribution in [2.45, 2.75) is 38.8 Å². The fourth-order valence-corrected chi connectivity index (χ4v) is 2.67. The molecule has 1 saturated carbocycles. The second kappa shape index (κ2) is 6.50. The van der Waals surface area contributed by atoms with Crippen molar-refractivity contribution in [2.75, 3.05) is 37.6 Å². The first kappa shape index (κ1) is 13.8. The van der Waals surface area contributed by atoms with Crippen LogP contribution in [0.4, 0.5) is 5.82 Å². The molecule has 2 fully saturated rings. The summed E-state index contributed by atoms with van der Waals surface area (Å²) in [4.78, 5) is 4.87. The molecule has 1 aromatic rings. The molecule has 0 atom stereocenters. The zero-order valence-electron chi connectivity index (χ0n) is 12.4. The minimum absolute atomic E-state index is 0.725. The molecule has 2 aliphatic rings. The van der Waals surface area contributed by atoms with Gasteiger partial charge in [-0.2, -0.15) is 5.10 Å². The highest BCUT2D eigenvalue weighted by Crippen LogP contribution is 2.19. The van der Waals surface area contributed by atoms with Crippen LogP contribution in [0.25, 0.3) is 0 Å². The van der Waals surface area contributed by atoms with E-state index in [1.165, 1.54) is 25.8 Å². The minimum Gasteiger partial charge on any atom is -0.353 e. The molecule has 0 unspecified atom stereocenters. The standard InChI is InChI=1S/C15H25N5/c1-2-7-19-8-10-20(11-9-19)15-6-5-14(17-18-15)12-16-13-3-4-13/h5-6,13,16H,2-4,7-12H2,1H3. The highest BCUT2D eigenvalue weighted by molar-refractivity contribution is 5.37. The molecule has 0 amide bonds. The summed E-state index contributed by atoms with van der Waals surface area (Å²) >= 11 is 0. The quantitative estimate of drug-likeness (QED) is 0.847. The Balaban J connectivity index is 1.49. The summed E-state index contributed by atoms with van der Waals surface area (Å²) in [5.41, 5.74) is 1.05. The first-order valence-electron chi connectivity index (χ1n) is 7.88. The van der Waals surface area contributed by atoms with Crippen molar-refractivity contribution < 1.29 is 0 Å². The lowest BCUT2D eigenvalue weighted by Crippen LogP contribution is -2.46. The van der Waals surface area contributed by atoms with E-state index in [0.717, 1.165) is 50.3 Å². The summed E-state index contributed by atoms with van der Waals surface area (Å²) in [6.45, 7) is 8.71. The summed E-state index contributed by atoms with van der Waals surface area (Å²) < 4.78 is 0. The Morgan fingerprint density at radius 1 is 1.15 bits per heavy atom. The van der Waals surface area contributed by atoms with Crippen LogP contribution >= 0.6 is 0 Å². The van der Waals surface area contributed by atoms with Crippen molar-refractivity contribution in [1.29, 1.82) is 0 Å². The molecule has 3 rings (SSSR count). The molecule has 2 heterocycles. The van der Waals surface area contributed by atoms with E-state index in [0.29, 0.717) is 0 Å². The molecule has 110 valence electrons. The fourth-order valence-electron chi connectivity index (χ4n) is 2.67. The molecular formula is C15H25N5. The second-order valence-electron chi connectivity index (χ2n) is 5.87. The van der Waals surface area contributed by atoms with Crippen LogP contribution in [0.2, 0.25) is 0 Å². The molecule has 1 saturated heterocycles. The monoisotopic (exact) mass is 275 g/mol. The molecule has 20 heavy (non-hydrogen) atoms. The normalized spacial score (nSPS) is 20.4. The number of nitrogens with zero attached hydrogens (tertiary/aromatic N) is 4. The summed E-state index contributed by atoms with van der Waals surface area (Å²) in [5.74, 6) is 1.02. The maximum atomic E-state index is 4.39. The van der Waals surface area contributed by atoms with Gasteiger partial charge in [-0.25, -0.2) is 0 Å². The highest BCUT2D eigenvalue weighted by Gasteiger charge is 2.20. The first-order valence-corrected chi connectivity index (χ1v) is 7.88. The number of anilines is 1. The van der Waals surface area contributed by atoms with E-state index in [2.05, 4.69) is 44.4 Å². The van der Waals surface area contributed by atoms with Crippen molar-refractivity contribution in [3.63, 3.8) is 0 Å². The Hall–Kier alpha value is -1.20. The molecule has 5 nitrogen and oxygen atoms in total. The number of hydrogen-bond acceptors (Lipinski definition) is 5. The number of hydrogen-bond donors (Lipinski definition) is 1. The SMILES string of the molecule is CCCN1CCN(c2ccc(CNC3CC3)nn2)CC1. The molecule has 0 bridgehead atoms. The Kier molecular flexibility index (Phi) is 4.47. The molecule has 0 aromatic carbocycles. The van der Waals surface area contributed by atoms with Gasteiger partial charge >= 0.3 is 0 Å². The minimum atomic E-state index is 0.725. The summed E-state index contributed by atoms with van der Waals surface area (Å²) in [6.07, 6.45) is 3.86. The van der Waals surface area contributed by atoms with Crippen LogP contribution in [0, 0.1) is 0 Å². The van der Waals surface area contributed by atoms with E-state index in [4.69, 9.17) is 0 Å². The Bertz CT molecular complexity index is 407. The van der Waals surface area contributed by atoms with Crippen molar-refractivity contribution in [1.82, 2.24) is 20.4 Å². The maximum absolute atomic E-state index is 4.39. The molecular weight excluding hydrogens is 250 g/mol. The zero-order chi connectivity index (χ0) is 13.8. The molecule has 5 heteroatoms. The highest BCUT2D eigenvalue weighted by atomic mass is 15.3. The molecule has 1 aliphatic carbocycles. The van der Waals surface area contributed by atoms with Gasteiger partial charge in [0.15, 0.2) is 5.82 Å². The van der Waals surface area contributed by atoms with Gasteiger partial charge in [-0.1, -0.05) is 6.92 Å². The van der Waals surface area contributed by atoms with Gasteiger partial charge < -0.3 is 10.2 Å². The van der Waals surface area contributed by atoms with Gasteiger partial charge in [-0.15, -0.1) is 5.10 Å². The van der Waals surface area contributed by atoms with Gasteiger partial charge in [0.05, 0.1) is 5.69 Å². The number of piperazine rings is 1. The molecule has 1 N–H and O–H groups in total. The first-order chi connectivity index (χ1) is 9.85. The largest absolute Gasteiger partial charge is 0.353 e. The Labute approximate surface area is 121 Å². The third-order valence-corrected chi connectivity index (χ3v) is 4.09. The van der Waals surface area contributed by atoms with Gasteiger partial charge in [0.25, 0.3) is 0 Å². The van der Waals surface area contributed by atoms with Crippen LogP contribution in [-0.2, 0) is 6.54 Å². The van der Waals surface area contributed by atoms with Crippen molar-refractivity contribution in [3.05, 3.63) is 17.8 Å². The van der Waals surface area contributed by atoms with Crippen molar-refractivity contribution in [3.8, 4) is 0 Å². The summed E-state index contributed by atoms with van der Waals surface area (Å²) in [7, 11) is 0. The lowest BCUT2D eigenvalue weighted by molar-refractivity contribution is 0.258. The smallest absolute Gasteiger partial charge is 0.151 e. The molecule has 1 aromatic heterocycles. The summed E-state index contributed by atoms with van der Waals surface area (Å²) in [5, 5.41) is 12.2. The predicted molar refractivity (Wildman–Crippen MR) is 80.8 cm³/mol. The van der Waals surface area contributed by atoms with Gasteiger partial charge in [-0.05, 0) is 37.9 Å². The second-order valence-corrected chi connectivity index (χ2v) is 5.87. The van der Waals surface area contributed by atoms with Gasteiger partial charge in [0.1, 0.15) is 0 Å². The van der Waals surface area contributed by atoms with Crippen LogP contribution in [0.3, 0.4) is 0 Å². The molecule has 0 spiro atoms. The lowest BCUT2D eigenvalue weighted by atomic mass is 10.3. The average Bonchev–Trinajstić information content (AvgIpc) is 3.31. The van der Waals surface area contributed by atoms with Crippen LogP contribution in [0.5, 0.6) is 0 Å².